The van der Waals surface area contributed by atoms with Crippen LogP contribution < -0.4 is 4.31 Å². The van der Waals surface area contributed by atoms with Gasteiger partial charge in [0.25, 0.3) is 15.9 Å². The van der Waals surface area contributed by atoms with Gasteiger partial charge in [0.05, 0.1) is 11.3 Å². The lowest BCUT2D eigenvalue weighted by molar-refractivity contribution is 0.0639. The van der Waals surface area contributed by atoms with Crippen molar-refractivity contribution in [3.05, 3.63) is 60.2 Å². The summed E-state index contributed by atoms with van der Waals surface area (Å²) in [5.41, 5.74) is 0.779. The number of amides is 1. The van der Waals surface area contributed by atoms with Crippen molar-refractivity contribution < 1.29 is 13.2 Å². The van der Waals surface area contributed by atoms with E-state index in [2.05, 4.69) is 11.8 Å². The monoisotopic (exact) mass is 387 g/mol. The van der Waals surface area contributed by atoms with E-state index >= 15 is 0 Å². The van der Waals surface area contributed by atoms with E-state index < -0.39 is 10.0 Å². The Morgan fingerprint density at radius 2 is 1.56 bits per heavy atom. The van der Waals surface area contributed by atoms with Crippen molar-refractivity contribution in [1.29, 1.82) is 0 Å². The molecule has 1 aliphatic heterocycles. The smallest absolute Gasteiger partial charge is 0.264 e. The number of piperazine rings is 1. The topological polar surface area (TPSA) is 60.9 Å². The highest BCUT2D eigenvalue weighted by atomic mass is 32.2. The molecule has 0 unspecified atom stereocenters. The van der Waals surface area contributed by atoms with Gasteiger partial charge < -0.3 is 9.80 Å². The fourth-order valence-corrected chi connectivity index (χ4v) is 4.61. The fourth-order valence-electron chi connectivity index (χ4n) is 3.23. The number of carbonyl (C=O) groups is 1. The zero-order chi connectivity index (χ0) is 19.4. The van der Waals surface area contributed by atoms with Crippen molar-refractivity contribution in [2.24, 2.45) is 0 Å². The Bertz CT molecular complexity index is 892. The number of hydrogen-bond acceptors (Lipinski definition) is 4. The van der Waals surface area contributed by atoms with Gasteiger partial charge in [-0.05, 0) is 30.8 Å². The normalized spacial score (nSPS) is 15.6. The molecule has 0 aliphatic carbocycles. The molecule has 7 heteroatoms. The lowest BCUT2D eigenvalue weighted by Crippen LogP contribution is -2.48. The SMILES string of the molecule is CCN1CCN(C(=O)c2ccccc2S(=O)(=O)N(C)c2ccccc2)CC1. The molecular formula is C20H25N3O3S. The molecule has 0 bridgehead atoms. The van der Waals surface area contributed by atoms with E-state index in [0.717, 1.165) is 19.6 Å². The van der Waals surface area contributed by atoms with E-state index in [9.17, 15) is 13.2 Å². The fraction of sp³-hybridized carbons (Fsp3) is 0.350. The molecule has 0 radical (unpaired) electrons. The molecule has 0 N–H and O–H groups in total. The number of para-hydroxylation sites is 1. The van der Waals surface area contributed by atoms with Crippen LogP contribution in [0.4, 0.5) is 5.69 Å². The number of benzene rings is 2. The summed E-state index contributed by atoms with van der Waals surface area (Å²) < 4.78 is 27.6. The molecule has 0 saturated carbocycles. The predicted molar refractivity (Wildman–Crippen MR) is 106 cm³/mol. The van der Waals surface area contributed by atoms with E-state index in [4.69, 9.17) is 0 Å². The van der Waals surface area contributed by atoms with Crippen molar-refractivity contribution in [2.45, 2.75) is 11.8 Å². The van der Waals surface area contributed by atoms with Gasteiger partial charge in [0.1, 0.15) is 4.90 Å². The molecule has 27 heavy (non-hydrogen) atoms. The minimum absolute atomic E-state index is 0.0410. The molecule has 1 heterocycles. The molecule has 1 aliphatic rings. The van der Waals surface area contributed by atoms with Gasteiger partial charge in [-0.1, -0.05) is 37.3 Å². The predicted octanol–water partition coefficient (Wildman–Crippen LogP) is 2.29. The molecule has 2 aromatic rings. The molecule has 144 valence electrons. The molecule has 1 fully saturated rings. The average molecular weight is 388 g/mol. The second-order valence-electron chi connectivity index (χ2n) is 6.53. The molecular weight excluding hydrogens is 362 g/mol. The third-order valence-electron chi connectivity index (χ3n) is 4.98. The molecule has 2 aromatic carbocycles. The third kappa shape index (κ3) is 3.99. The van der Waals surface area contributed by atoms with Crippen LogP contribution in [-0.2, 0) is 10.0 Å². The summed E-state index contributed by atoms with van der Waals surface area (Å²) in [7, 11) is -2.34. The Labute approximate surface area is 161 Å². The molecule has 1 saturated heterocycles. The maximum atomic E-state index is 13.2. The number of sulfonamides is 1. The van der Waals surface area contributed by atoms with E-state index in [1.807, 2.05) is 6.07 Å². The zero-order valence-electron chi connectivity index (χ0n) is 15.7. The summed E-state index contributed by atoms with van der Waals surface area (Å²) in [4.78, 5) is 17.1. The highest BCUT2D eigenvalue weighted by molar-refractivity contribution is 7.92. The van der Waals surface area contributed by atoms with Crippen molar-refractivity contribution >= 4 is 21.6 Å². The Morgan fingerprint density at radius 3 is 2.19 bits per heavy atom. The van der Waals surface area contributed by atoms with Crippen LogP contribution in [0.2, 0.25) is 0 Å². The van der Waals surface area contributed by atoms with Gasteiger partial charge in [0.2, 0.25) is 0 Å². The first-order chi connectivity index (χ1) is 12.9. The summed E-state index contributed by atoms with van der Waals surface area (Å²) >= 11 is 0. The van der Waals surface area contributed by atoms with Gasteiger partial charge in [-0.25, -0.2) is 8.42 Å². The van der Waals surface area contributed by atoms with E-state index in [0.29, 0.717) is 18.8 Å². The van der Waals surface area contributed by atoms with Gasteiger partial charge in [-0.15, -0.1) is 0 Å². The molecule has 6 nitrogen and oxygen atoms in total. The van der Waals surface area contributed by atoms with E-state index in [1.165, 1.54) is 17.4 Å². The number of likely N-dealkylation sites (N-methyl/N-ethyl adjacent to an activating group) is 1. The minimum Gasteiger partial charge on any atom is -0.336 e. The Kier molecular flexibility index (Phi) is 5.82. The number of anilines is 1. The van der Waals surface area contributed by atoms with E-state index in [-0.39, 0.29) is 16.4 Å². The highest BCUT2D eigenvalue weighted by Crippen LogP contribution is 2.25. The van der Waals surface area contributed by atoms with Crippen LogP contribution in [0.15, 0.2) is 59.5 Å². The summed E-state index contributed by atoms with van der Waals surface area (Å²) in [6, 6.07) is 15.3. The summed E-state index contributed by atoms with van der Waals surface area (Å²) in [5, 5.41) is 0. The third-order valence-corrected chi connectivity index (χ3v) is 6.83. The van der Waals surface area contributed by atoms with Crippen LogP contribution in [0.25, 0.3) is 0 Å². The van der Waals surface area contributed by atoms with Gasteiger partial charge >= 0.3 is 0 Å². The number of carbonyl (C=O) groups excluding carboxylic acids is 1. The molecule has 0 aromatic heterocycles. The summed E-state index contributed by atoms with van der Waals surface area (Å²) in [5.74, 6) is -0.230. The van der Waals surface area contributed by atoms with Crippen molar-refractivity contribution in [3.8, 4) is 0 Å². The molecule has 1 amide bonds. The van der Waals surface area contributed by atoms with Crippen molar-refractivity contribution in [2.75, 3.05) is 44.1 Å². The molecule has 3 rings (SSSR count). The first kappa shape index (κ1) is 19.4. The van der Waals surface area contributed by atoms with Gasteiger partial charge in [0.15, 0.2) is 0 Å². The van der Waals surface area contributed by atoms with Crippen LogP contribution in [0.5, 0.6) is 0 Å². The van der Waals surface area contributed by atoms with Crippen LogP contribution in [0, 0.1) is 0 Å². The second-order valence-corrected chi connectivity index (χ2v) is 8.47. The van der Waals surface area contributed by atoms with Crippen molar-refractivity contribution in [1.82, 2.24) is 9.80 Å². The van der Waals surface area contributed by atoms with Gasteiger partial charge in [-0.3, -0.25) is 9.10 Å². The Hall–Kier alpha value is -2.38. The summed E-state index contributed by atoms with van der Waals surface area (Å²) in [6.07, 6.45) is 0. The van der Waals surface area contributed by atoms with Crippen molar-refractivity contribution in [3.63, 3.8) is 0 Å². The van der Waals surface area contributed by atoms with Gasteiger partial charge in [-0.2, -0.15) is 0 Å². The van der Waals surface area contributed by atoms with Crippen LogP contribution >= 0.6 is 0 Å². The first-order valence-electron chi connectivity index (χ1n) is 9.09. The second kappa shape index (κ2) is 8.10. The maximum Gasteiger partial charge on any atom is 0.264 e. The highest BCUT2D eigenvalue weighted by Gasteiger charge is 2.29. The largest absolute Gasteiger partial charge is 0.336 e. The number of nitrogens with zero attached hydrogens (tertiary/aromatic N) is 3. The molecule has 0 atom stereocenters. The van der Waals surface area contributed by atoms with Crippen LogP contribution in [0.3, 0.4) is 0 Å². The summed E-state index contributed by atoms with van der Waals surface area (Å²) in [6.45, 7) is 5.88. The lowest BCUT2D eigenvalue weighted by Gasteiger charge is -2.34. The first-order valence-corrected chi connectivity index (χ1v) is 10.5. The maximum absolute atomic E-state index is 13.2. The lowest BCUT2D eigenvalue weighted by atomic mass is 10.2. The number of hydrogen-bond donors (Lipinski definition) is 0. The molecule has 0 spiro atoms. The Balaban J connectivity index is 1.91. The quantitative estimate of drug-likeness (QED) is 0.790. The standard InChI is InChI=1S/C20H25N3O3S/c1-3-22-13-15-23(16-14-22)20(24)18-11-7-8-12-19(18)27(25,26)21(2)17-9-5-4-6-10-17/h4-12H,3,13-16H2,1-2H3. The Morgan fingerprint density at radius 1 is 0.963 bits per heavy atom. The van der Waals surface area contributed by atoms with E-state index in [1.54, 1.807) is 47.4 Å². The average Bonchev–Trinajstić information content (AvgIpc) is 2.73. The zero-order valence-corrected chi connectivity index (χ0v) is 16.5. The van der Waals surface area contributed by atoms with Crippen LogP contribution in [-0.4, -0.2) is 63.9 Å². The minimum atomic E-state index is -3.85. The number of rotatable bonds is 5. The van der Waals surface area contributed by atoms with Gasteiger partial charge in [0, 0.05) is 33.2 Å². The van der Waals surface area contributed by atoms with Crippen LogP contribution in [0.1, 0.15) is 17.3 Å².